The molecule has 4 heteroatoms. The molecule has 0 atom stereocenters. The number of nitrogens with zero attached hydrogens (tertiary/aromatic N) is 1. The molecule has 1 aromatic carbocycles. The van der Waals surface area contributed by atoms with Gasteiger partial charge in [-0.1, -0.05) is 54.0 Å². The normalized spacial score (nSPS) is 17.7. The van der Waals surface area contributed by atoms with Crippen LogP contribution < -0.4 is 5.32 Å². The van der Waals surface area contributed by atoms with Crippen molar-refractivity contribution in [3.05, 3.63) is 22.7 Å². The Bertz CT molecular complexity index is 614. The largest absolute Gasteiger partial charge is 0.361 e. The van der Waals surface area contributed by atoms with Crippen molar-refractivity contribution >= 4 is 42.6 Å². The van der Waals surface area contributed by atoms with Gasteiger partial charge in [-0.2, -0.15) is 0 Å². The molecular formula is C17H23BrN2S. The predicted molar refractivity (Wildman–Crippen MR) is 96.2 cm³/mol. The summed E-state index contributed by atoms with van der Waals surface area (Å²) < 4.78 is 2.35. The van der Waals surface area contributed by atoms with E-state index in [1.165, 1.54) is 36.8 Å². The molecule has 2 nitrogen and oxygen atoms in total. The Morgan fingerprint density at radius 2 is 2.10 bits per heavy atom. The molecule has 1 fully saturated rings. The third-order valence-corrected chi connectivity index (χ3v) is 5.96. The summed E-state index contributed by atoms with van der Waals surface area (Å²) in [4.78, 5) is 4.72. The summed E-state index contributed by atoms with van der Waals surface area (Å²) in [5, 5.41) is 4.70. The Kier molecular flexibility index (Phi) is 4.55. The zero-order valence-corrected chi connectivity index (χ0v) is 15.2. The maximum absolute atomic E-state index is 4.72. The molecule has 1 aliphatic rings. The van der Waals surface area contributed by atoms with E-state index in [1.54, 1.807) is 11.3 Å². The van der Waals surface area contributed by atoms with Crippen LogP contribution in [0.4, 0.5) is 5.13 Å². The van der Waals surface area contributed by atoms with E-state index in [2.05, 4.69) is 53.3 Å². The number of anilines is 1. The molecule has 0 amide bonds. The molecule has 0 radical (unpaired) electrons. The van der Waals surface area contributed by atoms with Crippen LogP contribution >= 0.6 is 27.3 Å². The van der Waals surface area contributed by atoms with Gasteiger partial charge < -0.3 is 5.32 Å². The molecule has 21 heavy (non-hydrogen) atoms. The average Bonchev–Trinajstić information content (AvgIpc) is 3.02. The molecule has 1 heterocycles. The SMILES string of the molecule is CC(C)CC1(CNc2nc3cc(Br)ccc3s2)CCCC1. The lowest BCUT2D eigenvalue weighted by Gasteiger charge is -2.31. The lowest BCUT2D eigenvalue weighted by atomic mass is 9.78. The number of rotatable bonds is 5. The first kappa shape index (κ1) is 15.3. The summed E-state index contributed by atoms with van der Waals surface area (Å²) >= 11 is 5.28. The molecule has 0 spiro atoms. The van der Waals surface area contributed by atoms with Gasteiger partial charge in [0.25, 0.3) is 0 Å². The van der Waals surface area contributed by atoms with E-state index in [0.717, 1.165) is 27.6 Å². The predicted octanol–water partition coefficient (Wildman–Crippen LogP) is 6.08. The Hall–Kier alpha value is -0.610. The number of thiazole rings is 1. The quantitative estimate of drug-likeness (QED) is 0.693. The Balaban J connectivity index is 1.72. The van der Waals surface area contributed by atoms with E-state index in [9.17, 15) is 0 Å². The van der Waals surface area contributed by atoms with Gasteiger partial charge in [0.1, 0.15) is 0 Å². The van der Waals surface area contributed by atoms with Crippen LogP contribution in [0, 0.1) is 11.3 Å². The molecule has 0 bridgehead atoms. The van der Waals surface area contributed by atoms with E-state index in [1.807, 2.05) is 0 Å². The highest BCUT2D eigenvalue weighted by Crippen LogP contribution is 2.43. The molecule has 1 aromatic heterocycles. The van der Waals surface area contributed by atoms with Gasteiger partial charge in [0.2, 0.25) is 0 Å². The highest BCUT2D eigenvalue weighted by molar-refractivity contribution is 9.10. The molecule has 3 rings (SSSR count). The number of aromatic nitrogens is 1. The molecular weight excluding hydrogens is 344 g/mol. The van der Waals surface area contributed by atoms with Crippen molar-refractivity contribution in [2.24, 2.45) is 11.3 Å². The van der Waals surface area contributed by atoms with Crippen LogP contribution in [-0.2, 0) is 0 Å². The first-order chi connectivity index (χ1) is 10.1. The van der Waals surface area contributed by atoms with Crippen molar-refractivity contribution in [1.29, 1.82) is 0 Å². The van der Waals surface area contributed by atoms with Crippen LogP contribution in [0.1, 0.15) is 46.0 Å². The van der Waals surface area contributed by atoms with Crippen LogP contribution in [-0.4, -0.2) is 11.5 Å². The third-order valence-electron chi connectivity index (χ3n) is 4.47. The number of halogens is 1. The molecule has 114 valence electrons. The molecule has 2 aromatic rings. The zero-order chi connectivity index (χ0) is 14.9. The van der Waals surface area contributed by atoms with Crippen LogP contribution in [0.5, 0.6) is 0 Å². The Morgan fingerprint density at radius 1 is 1.33 bits per heavy atom. The highest BCUT2D eigenvalue weighted by atomic mass is 79.9. The first-order valence-electron chi connectivity index (χ1n) is 7.86. The van der Waals surface area contributed by atoms with Crippen LogP contribution in [0.15, 0.2) is 22.7 Å². The lowest BCUT2D eigenvalue weighted by molar-refractivity contribution is 0.252. The van der Waals surface area contributed by atoms with E-state index < -0.39 is 0 Å². The van der Waals surface area contributed by atoms with Gasteiger partial charge in [0, 0.05) is 11.0 Å². The number of benzene rings is 1. The summed E-state index contributed by atoms with van der Waals surface area (Å²) in [7, 11) is 0. The topological polar surface area (TPSA) is 24.9 Å². The number of hydrogen-bond acceptors (Lipinski definition) is 3. The number of hydrogen-bond donors (Lipinski definition) is 1. The molecule has 0 aliphatic heterocycles. The fourth-order valence-electron chi connectivity index (χ4n) is 3.68. The second-order valence-corrected chi connectivity index (χ2v) is 8.74. The van der Waals surface area contributed by atoms with Crippen molar-refractivity contribution in [2.75, 3.05) is 11.9 Å². The van der Waals surface area contributed by atoms with Gasteiger partial charge in [-0.05, 0) is 48.8 Å². The fourth-order valence-corrected chi connectivity index (χ4v) is 4.87. The van der Waals surface area contributed by atoms with Crippen molar-refractivity contribution in [1.82, 2.24) is 4.98 Å². The van der Waals surface area contributed by atoms with E-state index in [0.29, 0.717) is 5.41 Å². The second-order valence-electron chi connectivity index (χ2n) is 6.79. The van der Waals surface area contributed by atoms with Gasteiger partial charge in [-0.15, -0.1) is 0 Å². The summed E-state index contributed by atoms with van der Waals surface area (Å²) in [5.74, 6) is 0.774. The van der Waals surface area contributed by atoms with E-state index in [-0.39, 0.29) is 0 Å². The molecule has 1 aliphatic carbocycles. The molecule has 0 unspecified atom stereocenters. The van der Waals surface area contributed by atoms with Gasteiger partial charge in [-0.3, -0.25) is 0 Å². The fraction of sp³-hybridized carbons (Fsp3) is 0.588. The molecule has 1 N–H and O–H groups in total. The summed E-state index contributed by atoms with van der Waals surface area (Å²) in [6, 6.07) is 6.32. The van der Waals surface area contributed by atoms with E-state index in [4.69, 9.17) is 4.98 Å². The standard InChI is InChI=1S/C17H23BrN2S/c1-12(2)10-17(7-3-4-8-17)11-19-16-20-14-9-13(18)5-6-15(14)21-16/h5-6,9,12H,3-4,7-8,10-11H2,1-2H3,(H,19,20). The lowest BCUT2D eigenvalue weighted by Crippen LogP contribution is -2.28. The van der Waals surface area contributed by atoms with E-state index >= 15 is 0 Å². The van der Waals surface area contributed by atoms with Gasteiger partial charge in [0.05, 0.1) is 10.2 Å². The van der Waals surface area contributed by atoms with Gasteiger partial charge >= 0.3 is 0 Å². The summed E-state index contributed by atoms with van der Waals surface area (Å²) in [6.07, 6.45) is 6.85. The minimum atomic E-state index is 0.493. The van der Waals surface area contributed by atoms with Crippen molar-refractivity contribution in [2.45, 2.75) is 46.0 Å². The Labute approximate surface area is 139 Å². The average molecular weight is 367 g/mol. The smallest absolute Gasteiger partial charge is 0.183 e. The number of nitrogens with one attached hydrogen (secondary N) is 1. The summed E-state index contributed by atoms with van der Waals surface area (Å²) in [5.41, 5.74) is 1.58. The minimum absolute atomic E-state index is 0.493. The van der Waals surface area contributed by atoms with Crippen molar-refractivity contribution in [3.63, 3.8) is 0 Å². The van der Waals surface area contributed by atoms with Gasteiger partial charge in [-0.25, -0.2) is 4.98 Å². The minimum Gasteiger partial charge on any atom is -0.361 e. The highest BCUT2D eigenvalue weighted by Gasteiger charge is 2.34. The summed E-state index contributed by atoms with van der Waals surface area (Å²) in [6.45, 7) is 5.76. The Morgan fingerprint density at radius 3 is 2.81 bits per heavy atom. The molecule has 0 saturated heterocycles. The molecule has 1 saturated carbocycles. The van der Waals surface area contributed by atoms with Gasteiger partial charge in [0.15, 0.2) is 5.13 Å². The second kappa shape index (κ2) is 6.25. The maximum atomic E-state index is 4.72. The van der Waals surface area contributed by atoms with Crippen LogP contribution in [0.25, 0.3) is 10.2 Å². The first-order valence-corrected chi connectivity index (χ1v) is 9.47. The van der Waals surface area contributed by atoms with Crippen LogP contribution in [0.3, 0.4) is 0 Å². The van der Waals surface area contributed by atoms with Crippen LogP contribution in [0.2, 0.25) is 0 Å². The number of fused-ring (bicyclic) bond motifs is 1. The zero-order valence-electron chi connectivity index (χ0n) is 12.8. The van der Waals surface area contributed by atoms with Crippen molar-refractivity contribution in [3.8, 4) is 0 Å². The van der Waals surface area contributed by atoms with Crippen molar-refractivity contribution < 1.29 is 0 Å². The third kappa shape index (κ3) is 3.59. The monoisotopic (exact) mass is 366 g/mol. The maximum Gasteiger partial charge on any atom is 0.183 e.